The summed E-state index contributed by atoms with van der Waals surface area (Å²) < 4.78 is 0. The molecule has 2 atom stereocenters. The highest BCUT2D eigenvalue weighted by Gasteiger charge is 2.38. The van der Waals surface area contributed by atoms with Crippen molar-refractivity contribution in [2.24, 2.45) is 17.1 Å². The Morgan fingerprint density at radius 3 is 2.56 bits per heavy atom. The normalized spacial score (nSPS) is 28.7. The zero-order chi connectivity index (χ0) is 13.2. The molecule has 0 aromatic carbocycles. The van der Waals surface area contributed by atoms with Gasteiger partial charge in [0.1, 0.15) is 0 Å². The summed E-state index contributed by atoms with van der Waals surface area (Å²) in [7, 11) is 0. The number of aliphatic carboxylic acids is 1. The second kappa shape index (κ2) is 5.10. The van der Waals surface area contributed by atoms with E-state index in [0.29, 0.717) is 19.4 Å². The zero-order valence-electron chi connectivity index (χ0n) is 10.4. The van der Waals surface area contributed by atoms with E-state index in [1.807, 2.05) is 0 Å². The number of carbonyl (C=O) groups is 2. The van der Waals surface area contributed by atoms with Gasteiger partial charge in [-0.05, 0) is 31.2 Å². The summed E-state index contributed by atoms with van der Waals surface area (Å²) in [5.74, 6) is -1.32. The van der Waals surface area contributed by atoms with Crippen molar-refractivity contribution in [1.82, 2.24) is 5.32 Å². The van der Waals surface area contributed by atoms with Crippen molar-refractivity contribution < 1.29 is 14.7 Å². The molecule has 0 radical (unpaired) electrons. The summed E-state index contributed by atoms with van der Waals surface area (Å²) in [5.41, 5.74) is 5.71. The number of carboxylic acid groups (broad SMARTS) is 1. The second-order valence-corrected chi connectivity index (χ2v) is 5.47. The second-order valence-electron chi connectivity index (χ2n) is 5.47. The van der Waals surface area contributed by atoms with E-state index in [9.17, 15) is 9.59 Å². The largest absolute Gasteiger partial charge is 0.481 e. The molecule has 4 N–H and O–H groups in total. The quantitative estimate of drug-likeness (QED) is 0.626. The minimum atomic E-state index is -0.833. The van der Waals surface area contributed by atoms with Crippen molar-refractivity contribution >= 4 is 11.9 Å². The Bertz CT molecular complexity index is 369. The summed E-state index contributed by atoms with van der Waals surface area (Å²) in [6.45, 7) is 0.554. The lowest BCUT2D eigenvalue weighted by Gasteiger charge is -2.40. The van der Waals surface area contributed by atoms with E-state index in [1.54, 1.807) is 12.2 Å². The Kier molecular flexibility index (Phi) is 3.71. The number of hydrogen-bond acceptors (Lipinski definition) is 3. The van der Waals surface area contributed by atoms with Crippen LogP contribution in [0.1, 0.15) is 32.1 Å². The van der Waals surface area contributed by atoms with Crippen LogP contribution in [-0.4, -0.2) is 29.6 Å². The van der Waals surface area contributed by atoms with E-state index in [4.69, 9.17) is 10.8 Å². The van der Waals surface area contributed by atoms with Crippen molar-refractivity contribution in [3.05, 3.63) is 12.2 Å². The van der Waals surface area contributed by atoms with Gasteiger partial charge in [0.2, 0.25) is 5.91 Å². The van der Waals surface area contributed by atoms with Crippen molar-refractivity contribution in [3.63, 3.8) is 0 Å². The number of carbonyl (C=O) groups excluding carboxylic acids is 1. The minimum absolute atomic E-state index is 0.00139. The van der Waals surface area contributed by atoms with Gasteiger partial charge in [0.25, 0.3) is 0 Å². The van der Waals surface area contributed by atoms with Gasteiger partial charge in [0.15, 0.2) is 0 Å². The maximum atomic E-state index is 11.9. The van der Waals surface area contributed by atoms with Gasteiger partial charge in [-0.3, -0.25) is 9.59 Å². The molecule has 2 unspecified atom stereocenters. The molecule has 100 valence electrons. The van der Waals surface area contributed by atoms with E-state index >= 15 is 0 Å². The SMILES string of the molecule is NCC1(CC(=O)NC2C=CC(C(=O)O)C2)CCC1. The maximum absolute atomic E-state index is 11.9. The first-order valence-electron chi connectivity index (χ1n) is 6.45. The standard InChI is InChI=1S/C13H20N2O3/c14-8-13(4-1-5-13)7-11(16)15-10-3-2-9(6-10)12(17)18/h2-3,9-10H,1,4-8,14H2,(H,15,16)(H,17,18). The molecule has 0 aromatic rings. The highest BCUT2D eigenvalue weighted by molar-refractivity contribution is 5.78. The van der Waals surface area contributed by atoms with E-state index in [2.05, 4.69) is 5.32 Å². The number of amides is 1. The molecule has 0 aromatic heterocycles. The topological polar surface area (TPSA) is 92.4 Å². The van der Waals surface area contributed by atoms with Crippen molar-refractivity contribution in [2.75, 3.05) is 6.54 Å². The van der Waals surface area contributed by atoms with E-state index in [1.165, 1.54) is 0 Å². The summed E-state index contributed by atoms with van der Waals surface area (Å²) >= 11 is 0. The average molecular weight is 252 g/mol. The molecule has 2 rings (SSSR count). The predicted octanol–water partition coefficient (Wildman–Crippen LogP) is 0.651. The maximum Gasteiger partial charge on any atom is 0.310 e. The van der Waals surface area contributed by atoms with E-state index in [0.717, 1.165) is 19.3 Å². The van der Waals surface area contributed by atoms with Crippen LogP contribution in [0, 0.1) is 11.3 Å². The molecule has 2 aliphatic carbocycles. The van der Waals surface area contributed by atoms with Gasteiger partial charge in [-0.15, -0.1) is 0 Å². The fraction of sp³-hybridized carbons (Fsp3) is 0.692. The smallest absolute Gasteiger partial charge is 0.310 e. The molecule has 1 saturated carbocycles. The first kappa shape index (κ1) is 13.1. The van der Waals surface area contributed by atoms with Gasteiger partial charge in [0, 0.05) is 12.5 Å². The number of hydrogen-bond donors (Lipinski definition) is 3. The lowest BCUT2D eigenvalue weighted by atomic mass is 9.66. The van der Waals surface area contributed by atoms with Crippen molar-refractivity contribution in [1.29, 1.82) is 0 Å². The summed E-state index contributed by atoms with van der Waals surface area (Å²) in [4.78, 5) is 22.7. The molecule has 5 heteroatoms. The molecule has 0 saturated heterocycles. The Morgan fingerprint density at radius 2 is 2.11 bits per heavy atom. The summed E-state index contributed by atoms with van der Waals surface area (Å²) in [5, 5.41) is 11.7. The van der Waals surface area contributed by atoms with Crippen LogP contribution in [0.3, 0.4) is 0 Å². The third kappa shape index (κ3) is 2.72. The van der Waals surface area contributed by atoms with Gasteiger partial charge >= 0.3 is 5.97 Å². The highest BCUT2D eigenvalue weighted by Crippen LogP contribution is 2.42. The summed E-state index contributed by atoms with van der Waals surface area (Å²) in [6.07, 6.45) is 7.53. The van der Waals surface area contributed by atoms with Crippen LogP contribution in [-0.2, 0) is 9.59 Å². The molecule has 1 amide bonds. The fourth-order valence-electron chi connectivity index (χ4n) is 2.72. The van der Waals surface area contributed by atoms with Crippen LogP contribution < -0.4 is 11.1 Å². The van der Waals surface area contributed by atoms with E-state index in [-0.39, 0.29) is 17.4 Å². The number of nitrogens with one attached hydrogen (secondary N) is 1. The number of carboxylic acids is 1. The Hall–Kier alpha value is -1.36. The molecule has 5 nitrogen and oxygen atoms in total. The number of rotatable bonds is 5. The van der Waals surface area contributed by atoms with Gasteiger partial charge in [0.05, 0.1) is 5.92 Å². The minimum Gasteiger partial charge on any atom is -0.481 e. The van der Waals surface area contributed by atoms with Crippen molar-refractivity contribution in [3.8, 4) is 0 Å². The Balaban J connectivity index is 1.79. The lowest BCUT2D eigenvalue weighted by Crippen LogP contribution is -2.43. The molecule has 2 aliphatic rings. The van der Waals surface area contributed by atoms with Crippen LogP contribution in [0.5, 0.6) is 0 Å². The average Bonchev–Trinajstić information content (AvgIpc) is 2.72. The third-order valence-corrected chi connectivity index (χ3v) is 4.13. The zero-order valence-corrected chi connectivity index (χ0v) is 10.4. The summed E-state index contributed by atoms with van der Waals surface area (Å²) in [6, 6.07) is -0.145. The number of nitrogens with two attached hydrogens (primary N) is 1. The molecule has 0 heterocycles. The van der Waals surface area contributed by atoms with Gasteiger partial charge < -0.3 is 16.2 Å². The molecule has 0 aliphatic heterocycles. The first-order valence-corrected chi connectivity index (χ1v) is 6.45. The fourth-order valence-corrected chi connectivity index (χ4v) is 2.72. The molecular formula is C13H20N2O3. The lowest BCUT2D eigenvalue weighted by molar-refractivity contribution is -0.140. The van der Waals surface area contributed by atoms with Gasteiger partial charge in [-0.25, -0.2) is 0 Å². The molecule has 18 heavy (non-hydrogen) atoms. The van der Waals surface area contributed by atoms with Crippen LogP contribution in [0.25, 0.3) is 0 Å². The molecular weight excluding hydrogens is 232 g/mol. The molecule has 1 fully saturated rings. The predicted molar refractivity (Wildman–Crippen MR) is 66.8 cm³/mol. The Labute approximate surface area is 106 Å². The third-order valence-electron chi connectivity index (χ3n) is 4.13. The molecule has 0 spiro atoms. The van der Waals surface area contributed by atoms with Crippen LogP contribution >= 0.6 is 0 Å². The van der Waals surface area contributed by atoms with Crippen molar-refractivity contribution in [2.45, 2.75) is 38.1 Å². The van der Waals surface area contributed by atoms with Crippen LogP contribution in [0.2, 0.25) is 0 Å². The Morgan fingerprint density at radius 1 is 1.39 bits per heavy atom. The van der Waals surface area contributed by atoms with Crippen LogP contribution in [0.4, 0.5) is 0 Å². The monoisotopic (exact) mass is 252 g/mol. The first-order chi connectivity index (χ1) is 8.54. The van der Waals surface area contributed by atoms with Gasteiger partial charge in [-0.2, -0.15) is 0 Å². The highest BCUT2D eigenvalue weighted by atomic mass is 16.4. The van der Waals surface area contributed by atoms with Crippen LogP contribution in [0.15, 0.2) is 12.2 Å². The van der Waals surface area contributed by atoms with E-state index < -0.39 is 11.9 Å². The molecule has 0 bridgehead atoms. The van der Waals surface area contributed by atoms with Gasteiger partial charge in [-0.1, -0.05) is 18.6 Å².